The maximum Gasteiger partial charge on any atom is 0.259 e. The van der Waals surface area contributed by atoms with Crippen molar-refractivity contribution in [1.29, 1.82) is 5.26 Å². The largest absolute Gasteiger partial charge is 0.508 e. The molecule has 0 atom stereocenters. The third-order valence-corrected chi connectivity index (χ3v) is 5.84. The summed E-state index contributed by atoms with van der Waals surface area (Å²) in [6, 6.07) is 20.8. The summed E-state index contributed by atoms with van der Waals surface area (Å²) in [5, 5.41) is 21.6. The van der Waals surface area contributed by atoms with Gasteiger partial charge in [0.2, 0.25) is 0 Å². The van der Waals surface area contributed by atoms with Crippen molar-refractivity contribution in [1.82, 2.24) is 4.90 Å². The molecule has 1 aliphatic heterocycles. The summed E-state index contributed by atoms with van der Waals surface area (Å²) in [6.45, 7) is 4.11. The number of aromatic hydroxyl groups is 1. The Morgan fingerprint density at radius 1 is 1.03 bits per heavy atom. The minimum absolute atomic E-state index is 0.0642. The van der Waals surface area contributed by atoms with Crippen LogP contribution in [0.1, 0.15) is 40.7 Å². The lowest BCUT2D eigenvalue weighted by Crippen LogP contribution is -2.21. The van der Waals surface area contributed by atoms with Crippen molar-refractivity contribution >= 4 is 11.6 Å². The number of hydrogen-bond acceptors (Lipinski definition) is 6. The Morgan fingerprint density at radius 3 is 2.66 bits per heavy atom. The average Bonchev–Trinajstić information content (AvgIpc) is 3.39. The van der Waals surface area contributed by atoms with Gasteiger partial charge in [0.05, 0.1) is 23.8 Å². The number of hydrogen-bond donors (Lipinski definition) is 2. The number of rotatable bonds is 10. The summed E-state index contributed by atoms with van der Waals surface area (Å²) in [5.74, 6) is 0.703. The van der Waals surface area contributed by atoms with Crippen LogP contribution in [-0.4, -0.2) is 42.2 Å². The number of likely N-dealkylation sites (tertiary alicyclic amines) is 1. The molecule has 4 rings (SSSR count). The van der Waals surface area contributed by atoms with Gasteiger partial charge < -0.3 is 24.8 Å². The van der Waals surface area contributed by atoms with Gasteiger partial charge in [-0.2, -0.15) is 5.26 Å². The molecule has 7 heteroatoms. The normalized spacial score (nSPS) is 13.2. The van der Waals surface area contributed by atoms with Gasteiger partial charge in [-0.1, -0.05) is 18.2 Å². The molecule has 1 aliphatic rings. The fourth-order valence-electron chi connectivity index (χ4n) is 4.06. The SMILES string of the molecule is N#Cc1cccc(COc2cc(OCCCN3CCCC3)ccc2C(=O)Nc2cccc(O)c2)c1. The minimum atomic E-state index is -0.364. The van der Waals surface area contributed by atoms with Gasteiger partial charge in [0.1, 0.15) is 23.9 Å². The standard InChI is InChI=1S/C28H29N3O4/c29-19-21-6-3-7-22(16-21)20-35-27-18-25(34-15-5-14-31-12-1-2-13-31)10-11-26(27)28(33)30-23-8-4-9-24(32)17-23/h3-4,6-11,16-18,32H,1-2,5,12-15,20H2,(H,30,33). The lowest BCUT2D eigenvalue weighted by Gasteiger charge is -2.16. The topological polar surface area (TPSA) is 94.8 Å². The predicted molar refractivity (Wildman–Crippen MR) is 134 cm³/mol. The monoisotopic (exact) mass is 471 g/mol. The lowest BCUT2D eigenvalue weighted by molar-refractivity contribution is 0.102. The first-order valence-electron chi connectivity index (χ1n) is 11.8. The molecule has 0 saturated carbocycles. The van der Waals surface area contributed by atoms with E-state index in [0.29, 0.717) is 34.9 Å². The molecular formula is C28H29N3O4. The molecule has 0 spiro atoms. The minimum Gasteiger partial charge on any atom is -0.508 e. The first kappa shape index (κ1) is 24.1. The molecule has 1 amide bonds. The summed E-state index contributed by atoms with van der Waals surface area (Å²) in [4.78, 5) is 15.5. The van der Waals surface area contributed by atoms with Crippen LogP contribution in [0.4, 0.5) is 5.69 Å². The highest BCUT2D eigenvalue weighted by molar-refractivity contribution is 6.06. The maximum atomic E-state index is 13.0. The van der Waals surface area contributed by atoms with E-state index < -0.39 is 0 Å². The molecule has 35 heavy (non-hydrogen) atoms. The van der Waals surface area contributed by atoms with Gasteiger partial charge in [0.25, 0.3) is 5.91 Å². The van der Waals surface area contributed by atoms with Gasteiger partial charge in [-0.15, -0.1) is 0 Å². The Balaban J connectivity index is 1.47. The van der Waals surface area contributed by atoms with Crippen LogP contribution in [0.15, 0.2) is 66.7 Å². The molecule has 0 radical (unpaired) electrons. The average molecular weight is 472 g/mol. The molecule has 1 heterocycles. The van der Waals surface area contributed by atoms with Crippen LogP contribution in [0.3, 0.4) is 0 Å². The first-order valence-corrected chi connectivity index (χ1v) is 11.8. The number of nitrogens with one attached hydrogen (secondary N) is 1. The van der Waals surface area contributed by atoms with Crippen molar-refractivity contribution in [3.63, 3.8) is 0 Å². The van der Waals surface area contributed by atoms with Crippen molar-refractivity contribution in [2.75, 3.05) is 31.6 Å². The van der Waals surface area contributed by atoms with E-state index in [4.69, 9.17) is 14.7 Å². The number of benzene rings is 3. The van der Waals surface area contributed by atoms with Crippen molar-refractivity contribution in [3.05, 3.63) is 83.4 Å². The zero-order valence-corrected chi connectivity index (χ0v) is 19.6. The maximum absolute atomic E-state index is 13.0. The Hall–Kier alpha value is -4.02. The number of anilines is 1. The zero-order chi connectivity index (χ0) is 24.5. The molecule has 7 nitrogen and oxygen atoms in total. The highest BCUT2D eigenvalue weighted by atomic mass is 16.5. The van der Waals surface area contributed by atoms with Gasteiger partial charge in [0.15, 0.2) is 0 Å². The summed E-state index contributed by atoms with van der Waals surface area (Å²) >= 11 is 0. The van der Waals surface area contributed by atoms with Gasteiger partial charge in [-0.25, -0.2) is 0 Å². The number of phenols is 1. The van der Waals surface area contributed by atoms with Crippen molar-refractivity contribution in [2.45, 2.75) is 25.9 Å². The van der Waals surface area contributed by atoms with E-state index in [1.54, 1.807) is 48.5 Å². The lowest BCUT2D eigenvalue weighted by atomic mass is 10.1. The van der Waals surface area contributed by atoms with Gasteiger partial charge >= 0.3 is 0 Å². The Labute approximate surface area is 205 Å². The fraction of sp³-hybridized carbons (Fsp3) is 0.286. The Kier molecular flexibility index (Phi) is 8.21. The van der Waals surface area contributed by atoms with Crippen molar-refractivity contribution in [2.24, 2.45) is 0 Å². The van der Waals surface area contributed by atoms with Crippen LogP contribution >= 0.6 is 0 Å². The van der Waals surface area contributed by atoms with Gasteiger partial charge in [0, 0.05) is 24.4 Å². The molecule has 1 fully saturated rings. The molecule has 1 saturated heterocycles. The van der Waals surface area contributed by atoms with Crippen LogP contribution in [0.2, 0.25) is 0 Å². The highest BCUT2D eigenvalue weighted by Crippen LogP contribution is 2.28. The van der Waals surface area contributed by atoms with E-state index in [0.717, 1.165) is 31.6 Å². The van der Waals surface area contributed by atoms with E-state index in [1.165, 1.54) is 25.0 Å². The van der Waals surface area contributed by atoms with E-state index >= 15 is 0 Å². The summed E-state index contributed by atoms with van der Waals surface area (Å²) in [7, 11) is 0. The number of phenolic OH excluding ortho intramolecular Hbond substituents is 1. The number of amides is 1. The first-order chi connectivity index (χ1) is 17.1. The molecule has 0 aromatic heterocycles. The highest BCUT2D eigenvalue weighted by Gasteiger charge is 2.16. The molecule has 0 aliphatic carbocycles. The second kappa shape index (κ2) is 11.9. The number of carbonyl (C=O) groups is 1. The molecule has 3 aromatic carbocycles. The zero-order valence-electron chi connectivity index (χ0n) is 19.6. The van der Waals surface area contributed by atoms with Gasteiger partial charge in [-0.3, -0.25) is 4.79 Å². The molecule has 180 valence electrons. The molecule has 0 bridgehead atoms. The smallest absolute Gasteiger partial charge is 0.259 e. The third-order valence-electron chi connectivity index (χ3n) is 5.84. The van der Waals surface area contributed by atoms with Crippen LogP contribution in [0, 0.1) is 11.3 Å². The van der Waals surface area contributed by atoms with E-state index in [9.17, 15) is 9.90 Å². The van der Waals surface area contributed by atoms with Crippen LogP contribution < -0.4 is 14.8 Å². The quantitative estimate of drug-likeness (QED) is 0.406. The summed E-state index contributed by atoms with van der Waals surface area (Å²) in [6.07, 6.45) is 3.47. The number of ether oxygens (including phenoxy) is 2. The van der Waals surface area contributed by atoms with E-state index in [2.05, 4.69) is 16.3 Å². The van der Waals surface area contributed by atoms with Crippen LogP contribution in [-0.2, 0) is 6.61 Å². The fourth-order valence-corrected chi connectivity index (χ4v) is 4.06. The number of nitrogens with zero attached hydrogens (tertiary/aromatic N) is 2. The molecule has 2 N–H and O–H groups in total. The van der Waals surface area contributed by atoms with Gasteiger partial charge in [-0.05, 0) is 74.3 Å². The van der Waals surface area contributed by atoms with Crippen molar-refractivity contribution in [3.8, 4) is 23.3 Å². The van der Waals surface area contributed by atoms with Crippen molar-refractivity contribution < 1.29 is 19.4 Å². The molecule has 0 unspecified atom stereocenters. The molecular weight excluding hydrogens is 442 g/mol. The Morgan fingerprint density at radius 2 is 1.86 bits per heavy atom. The van der Waals surface area contributed by atoms with Crippen LogP contribution in [0.25, 0.3) is 0 Å². The molecule has 3 aromatic rings. The summed E-state index contributed by atoms with van der Waals surface area (Å²) < 4.78 is 12.0. The second-order valence-electron chi connectivity index (χ2n) is 8.51. The Bertz CT molecular complexity index is 1200. The number of nitriles is 1. The summed E-state index contributed by atoms with van der Waals surface area (Å²) in [5.41, 5.74) is 2.18. The second-order valence-corrected chi connectivity index (χ2v) is 8.51. The third kappa shape index (κ3) is 6.98. The predicted octanol–water partition coefficient (Wildman–Crippen LogP) is 4.96. The van der Waals surface area contributed by atoms with E-state index in [1.807, 2.05) is 6.07 Å². The number of carbonyl (C=O) groups excluding carboxylic acids is 1. The van der Waals surface area contributed by atoms with E-state index in [-0.39, 0.29) is 18.3 Å². The van der Waals surface area contributed by atoms with Crippen LogP contribution in [0.5, 0.6) is 17.2 Å².